The van der Waals surface area contributed by atoms with Gasteiger partial charge in [-0.3, -0.25) is 4.40 Å². The van der Waals surface area contributed by atoms with Gasteiger partial charge in [0.25, 0.3) is 0 Å². The molecular formula is C40H25N5. The fourth-order valence-electron chi connectivity index (χ4n) is 6.27. The zero-order valence-electron chi connectivity index (χ0n) is 24.2. The van der Waals surface area contributed by atoms with Gasteiger partial charge in [-0.25, -0.2) is 19.9 Å². The molecule has 210 valence electrons. The number of imidazole rings is 1. The maximum Gasteiger partial charge on any atom is 0.164 e. The van der Waals surface area contributed by atoms with E-state index in [0.29, 0.717) is 17.5 Å². The molecule has 0 aliphatic rings. The summed E-state index contributed by atoms with van der Waals surface area (Å²) in [6.07, 6.45) is 0. The van der Waals surface area contributed by atoms with E-state index in [1.54, 1.807) is 0 Å². The first kappa shape index (κ1) is 25.3. The summed E-state index contributed by atoms with van der Waals surface area (Å²) in [6.45, 7) is 0. The third kappa shape index (κ3) is 4.25. The summed E-state index contributed by atoms with van der Waals surface area (Å²) in [5.41, 5.74) is 10.4. The van der Waals surface area contributed by atoms with Crippen LogP contribution in [-0.4, -0.2) is 24.3 Å². The van der Waals surface area contributed by atoms with E-state index in [-0.39, 0.29) is 0 Å². The molecule has 0 fully saturated rings. The fourth-order valence-corrected chi connectivity index (χ4v) is 6.27. The molecule has 45 heavy (non-hydrogen) atoms. The molecule has 0 unspecified atom stereocenters. The van der Waals surface area contributed by atoms with Crippen LogP contribution in [0.3, 0.4) is 0 Å². The lowest BCUT2D eigenvalue weighted by Crippen LogP contribution is -2.00. The van der Waals surface area contributed by atoms with Crippen molar-refractivity contribution < 1.29 is 0 Å². The second kappa shape index (κ2) is 10.2. The minimum absolute atomic E-state index is 0.641. The van der Waals surface area contributed by atoms with E-state index in [1.165, 1.54) is 16.3 Å². The van der Waals surface area contributed by atoms with Crippen LogP contribution >= 0.6 is 0 Å². The van der Waals surface area contributed by atoms with Gasteiger partial charge in [0.15, 0.2) is 17.5 Å². The van der Waals surface area contributed by atoms with Crippen molar-refractivity contribution >= 4 is 27.5 Å². The van der Waals surface area contributed by atoms with E-state index in [1.807, 2.05) is 66.7 Å². The molecule has 0 spiro atoms. The number of benzene rings is 5. The Morgan fingerprint density at radius 1 is 0.356 bits per heavy atom. The van der Waals surface area contributed by atoms with Gasteiger partial charge < -0.3 is 0 Å². The minimum atomic E-state index is 0.641. The molecule has 4 aromatic heterocycles. The summed E-state index contributed by atoms with van der Waals surface area (Å²) in [7, 11) is 0. The van der Waals surface area contributed by atoms with Gasteiger partial charge in [0, 0.05) is 33.0 Å². The molecular weight excluding hydrogens is 550 g/mol. The Bertz CT molecular complexity index is 2410. The maximum atomic E-state index is 5.06. The minimum Gasteiger partial charge on any atom is -0.292 e. The van der Waals surface area contributed by atoms with Crippen molar-refractivity contribution in [3.63, 3.8) is 0 Å². The van der Waals surface area contributed by atoms with Crippen LogP contribution < -0.4 is 0 Å². The van der Waals surface area contributed by atoms with Gasteiger partial charge in [-0.2, -0.15) is 0 Å². The molecule has 4 heterocycles. The first-order valence-electron chi connectivity index (χ1n) is 15.0. The molecule has 0 N–H and O–H groups in total. The molecule has 0 amide bonds. The van der Waals surface area contributed by atoms with Crippen LogP contribution in [0.4, 0.5) is 0 Å². The number of aromatic nitrogens is 5. The molecule has 0 bridgehead atoms. The standard InChI is InChI=1S/C40H25N5/c1-4-12-26(13-5-1)36-37-33-25-30(22-23-32(33)34-20-11-21-35(41-36)45(34)37)29-18-10-19-31(24-29)40-43-38(27-14-6-2-7-15-27)42-39(44-40)28-16-8-3-9-17-28/h1-25H. The van der Waals surface area contributed by atoms with Crippen LogP contribution in [0, 0.1) is 0 Å². The van der Waals surface area contributed by atoms with Gasteiger partial charge in [0.05, 0.1) is 16.7 Å². The van der Waals surface area contributed by atoms with Crippen LogP contribution in [0.1, 0.15) is 0 Å². The number of nitrogens with zero attached hydrogens (tertiary/aromatic N) is 5. The Morgan fingerprint density at radius 3 is 1.56 bits per heavy atom. The highest BCUT2D eigenvalue weighted by molar-refractivity contribution is 6.14. The van der Waals surface area contributed by atoms with E-state index in [0.717, 1.165) is 50.2 Å². The van der Waals surface area contributed by atoms with Gasteiger partial charge in [-0.15, -0.1) is 0 Å². The normalized spacial score (nSPS) is 11.6. The summed E-state index contributed by atoms with van der Waals surface area (Å²) >= 11 is 0. The Morgan fingerprint density at radius 2 is 0.889 bits per heavy atom. The quantitative estimate of drug-likeness (QED) is 0.205. The maximum absolute atomic E-state index is 5.06. The molecule has 9 rings (SSSR count). The van der Waals surface area contributed by atoms with E-state index in [2.05, 4.69) is 89.3 Å². The SMILES string of the molecule is c1ccc(-c2nc(-c3ccccc3)nc(-c3cccc(-c4ccc5c(c4)c4c(-c6ccccc6)nc6cccc5n64)c3)n2)cc1. The van der Waals surface area contributed by atoms with Gasteiger partial charge in [0.1, 0.15) is 5.65 Å². The van der Waals surface area contributed by atoms with Gasteiger partial charge in [0.2, 0.25) is 0 Å². The second-order valence-corrected chi connectivity index (χ2v) is 11.2. The van der Waals surface area contributed by atoms with Gasteiger partial charge >= 0.3 is 0 Å². The van der Waals surface area contributed by atoms with Crippen molar-refractivity contribution in [1.29, 1.82) is 0 Å². The van der Waals surface area contributed by atoms with Crippen molar-refractivity contribution in [2.75, 3.05) is 0 Å². The van der Waals surface area contributed by atoms with Crippen LogP contribution in [0.5, 0.6) is 0 Å². The zero-order chi connectivity index (χ0) is 29.7. The molecule has 5 aromatic carbocycles. The molecule has 5 heteroatoms. The molecule has 0 aliphatic carbocycles. The highest BCUT2D eigenvalue weighted by atomic mass is 15.0. The van der Waals surface area contributed by atoms with Crippen molar-refractivity contribution in [1.82, 2.24) is 24.3 Å². The van der Waals surface area contributed by atoms with Crippen molar-refractivity contribution in [3.8, 4) is 56.5 Å². The largest absolute Gasteiger partial charge is 0.292 e. The molecule has 0 radical (unpaired) electrons. The van der Waals surface area contributed by atoms with Crippen molar-refractivity contribution in [2.24, 2.45) is 0 Å². The highest BCUT2D eigenvalue weighted by Gasteiger charge is 2.19. The predicted molar refractivity (Wildman–Crippen MR) is 182 cm³/mol. The summed E-state index contributed by atoms with van der Waals surface area (Å²) in [6, 6.07) is 52.1. The lowest BCUT2D eigenvalue weighted by molar-refractivity contribution is 1.07. The molecule has 0 saturated heterocycles. The number of fused-ring (bicyclic) bond motifs is 3. The molecule has 0 atom stereocenters. The van der Waals surface area contributed by atoms with Crippen molar-refractivity contribution in [3.05, 3.63) is 152 Å². The van der Waals surface area contributed by atoms with E-state index >= 15 is 0 Å². The summed E-state index contributed by atoms with van der Waals surface area (Å²) in [4.78, 5) is 19.8. The smallest absolute Gasteiger partial charge is 0.164 e. The number of rotatable bonds is 5. The number of hydrogen-bond donors (Lipinski definition) is 0. The van der Waals surface area contributed by atoms with Crippen LogP contribution in [0.15, 0.2) is 152 Å². The van der Waals surface area contributed by atoms with Crippen molar-refractivity contribution in [2.45, 2.75) is 0 Å². The Balaban J connectivity index is 1.21. The average Bonchev–Trinajstić information content (AvgIpc) is 3.68. The topological polar surface area (TPSA) is 56.0 Å². The Labute approximate surface area is 259 Å². The second-order valence-electron chi connectivity index (χ2n) is 11.2. The van der Waals surface area contributed by atoms with Gasteiger partial charge in [-0.1, -0.05) is 127 Å². The van der Waals surface area contributed by atoms with Crippen LogP contribution in [0.25, 0.3) is 84.0 Å². The zero-order valence-corrected chi connectivity index (χ0v) is 24.2. The summed E-state index contributed by atoms with van der Waals surface area (Å²) < 4.78 is 2.29. The van der Waals surface area contributed by atoms with Gasteiger partial charge in [-0.05, 0) is 35.4 Å². The Hall–Kier alpha value is -6.20. The van der Waals surface area contributed by atoms with Crippen LogP contribution in [-0.2, 0) is 0 Å². The third-order valence-corrected chi connectivity index (χ3v) is 8.40. The monoisotopic (exact) mass is 575 g/mol. The first-order chi connectivity index (χ1) is 22.3. The number of pyridine rings is 1. The average molecular weight is 576 g/mol. The molecule has 5 nitrogen and oxygen atoms in total. The summed E-state index contributed by atoms with van der Waals surface area (Å²) in [5, 5.41) is 2.40. The molecule has 0 saturated carbocycles. The summed E-state index contributed by atoms with van der Waals surface area (Å²) in [5.74, 6) is 1.94. The predicted octanol–water partition coefficient (Wildman–Crippen LogP) is 9.60. The number of hydrogen-bond acceptors (Lipinski definition) is 4. The highest BCUT2D eigenvalue weighted by Crippen LogP contribution is 2.39. The third-order valence-electron chi connectivity index (χ3n) is 8.40. The molecule has 9 aromatic rings. The van der Waals surface area contributed by atoms with E-state index < -0.39 is 0 Å². The molecule has 0 aliphatic heterocycles. The fraction of sp³-hybridized carbons (Fsp3) is 0. The van der Waals surface area contributed by atoms with E-state index in [4.69, 9.17) is 19.9 Å². The lowest BCUT2D eigenvalue weighted by Gasteiger charge is -2.10. The van der Waals surface area contributed by atoms with Crippen LogP contribution in [0.2, 0.25) is 0 Å². The van der Waals surface area contributed by atoms with E-state index in [9.17, 15) is 0 Å². The lowest BCUT2D eigenvalue weighted by atomic mass is 9.99. The Kier molecular flexibility index (Phi) is 5.74. The first-order valence-corrected chi connectivity index (χ1v) is 15.0.